The smallest absolute Gasteiger partial charge is 0.219 e. The summed E-state index contributed by atoms with van der Waals surface area (Å²) in [5, 5.41) is 13.2. The van der Waals surface area contributed by atoms with Crippen LogP contribution in [0.25, 0.3) is 0 Å². The Hall–Kier alpha value is -1.42. The number of aryl methyl sites for hydroxylation is 1. The van der Waals surface area contributed by atoms with Crippen molar-refractivity contribution in [3.63, 3.8) is 0 Å². The predicted octanol–water partition coefficient (Wildman–Crippen LogP) is 2.43. The number of rotatable bonds is 3. The van der Waals surface area contributed by atoms with Crippen LogP contribution < -0.4 is 0 Å². The summed E-state index contributed by atoms with van der Waals surface area (Å²) >= 11 is 3.35. The van der Waals surface area contributed by atoms with E-state index in [-0.39, 0.29) is 18.0 Å². The number of halogens is 2. The van der Waals surface area contributed by atoms with E-state index >= 15 is 4.39 Å². The molecule has 0 aromatic carbocycles. The van der Waals surface area contributed by atoms with Crippen LogP contribution in [0, 0.1) is 11.3 Å². The van der Waals surface area contributed by atoms with Gasteiger partial charge in [0.1, 0.15) is 11.7 Å². The van der Waals surface area contributed by atoms with Crippen molar-refractivity contribution in [2.75, 3.05) is 13.1 Å². The van der Waals surface area contributed by atoms with Gasteiger partial charge in [-0.05, 0) is 35.7 Å². The number of piperidine rings is 1. The SMILES string of the molecule is CCn1nc(C#N)c(Br)c1CC1(F)CCN(C(C)=O)CC1. The maximum atomic E-state index is 15.0. The molecular weight excluding hydrogens is 339 g/mol. The maximum absolute atomic E-state index is 15.0. The summed E-state index contributed by atoms with van der Waals surface area (Å²) in [5.74, 6) is -0.0106. The largest absolute Gasteiger partial charge is 0.343 e. The van der Waals surface area contributed by atoms with E-state index in [1.165, 1.54) is 6.92 Å². The van der Waals surface area contributed by atoms with Crippen LogP contribution in [-0.2, 0) is 17.8 Å². The van der Waals surface area contributed by atoms with Crippen molar-refractivity contribution in [3.05, 3.63) is 15.9 Å². The summed E-state index contributed by atoms with van der Waals surface area (Å²) in [7, 11) is 0. The lowest BCUT2D eigenvalue weighted by atomic mass is 9.88. The fraction of sp³-hybridized carbons (Fsp3) is 0.643. The zero-order chi connectivity index (χ0) is 15.6. The summed E-state index contributed by atoms with van der Waals surface area (Å²) in [6, 6.07) is 2.01. The van der Waals surface area contributed by atoms with Gasteiger partial charge in [-0.15, -0.1) is 0 Å². The number of hydrogen-bond donors (Lipinski definition) is 0. The molecule has 1 aromatic heterocycles. The summed E-state index contributed by atoms with van der Waals surface area (Å²) in [6.07, 6.45) is 0.841. The Morgan fingerprint density at radius 1 is 1.52 bits per heavy atom. The molecule has 2 heterocycles. The van der Waals surface area contributed by atoms with E-state index in [2.05, 4.69) is 21.0 Å². The molecular formula is C14H18BrFN4O. The molecule has 0 N–H and O–H groups in total. The first-order valence-electron chi connectivity index (χ1n) is 7.00. The van der Waals surface area contributed by atoms with Crippen molar-refractivity contribution in [2.24, 2.45) is 0 Å². The molecule has 1 aromatic rings. The third kappa shape index (κ3) is 3.26. The quantitative estimate of drug-likeness (QED) is 0.835. The Morgan fingerprint density at radius 2 is 2.14 bits per heavy atom. The average molecular weight is 357 g/mol. The Bertz CT molecular complexity index is 585. The van der Waals surface area contributed by atoms with Crippen LogP contribution in [0.4, 0.5) is 4.39 Å². The number of carbonyl (C=O) groups excluding carboxylic acids is 1. The molecule has 0 unspecified atom stereocenters. The first-order valence-corrected chi connectivity index (χ1v) is 7.79. The standard InChI is InChI=1S/C14H18BrFN4O/c1-3-20-12(13(15)11(9-17)18-20)8-14(16)4-6-19(7-5-14)10(2)21/h3-8H2,1-2H3. The van der Waals surface area contributed by atoms with Gasteiger partial charge in [-0.1, -0.05) is 0 Å². The number of amides is 1. The van der Waals surface area contributed by atoms with E-state index in [0.29, 0.717) is 42.6 Å². The predicted molar refractivity (Wildman–Crippen MR) is 79.3 cm³/mol. The van der Waals surface area contributed by atoms with Crippen molar-refractivity contribution in [2.45, 2.75) is 45.3 Å². The molecule has 0 saturated carbocycles. The minimum atomic E-state index is -1.35. The van der Waals surface area contributed by atoms with E-state index < -0.39 is 5.67 Å². The second kappa shape index (κ2) is 6.14. The first-order chi connectivity index (χ1) is 9.90. The lowest BCUT2D eigenvalue weighted by Gasteiger charge is -2.36. The summed E-state index contributed by atoms with van der Waals surface area (Å²) < 4.78 is 17.3. The van der Waals surface area contributed by atoms with Gasteiger partial charge in [0, 0.05) is 33.0 Å². The third-order valence-corrected chi connectivity index (χ3v) is 4.82. The van der Waals surface area contributed by atoms with E-state index in [4.69, 9.17) is 5.26 Å². The molecule has 1 aliphatic heterocycles. The fourth-order valence-electron chi connectivity index (χ4n) is 2.68. The number of likely N-dealkylation sites (tertiary alicyclic amines) is 1. The topological polar surface area (TPSA) is 61.9 Å². The molecule has 7 heteroatoms. The second-order valence-corrected chi connectivity index (χ2v) is 6.16. The van der Waals surface area contributed by atoms with Gasteiger partial charge < -0.3 is 4.90 Å². The number of carbonyl (C=O) groups is 1. The molecule has 1 amide bonds. The van der Waals surface area contributed by atoms with E-state index in [1.807, 2.05) is 13.0 Å². The molecule has 5 nitrogen and oxygen atoms in total. The van der Waals surface area contributed by atoms with Gasteiger partial charge in [0.15, 0.2) is 5.69 Å². The highest BCUT2D eigenvalue weighted by Crippen LogP contribution is 2.33. The van der Waals surface area contributed by atoms with Gasteiger partial charge in [0.25, 0.3) is 0 Å². The summed E-state index contributed by atoms with van der Waals surface area (Å²) in [4.78, 5) is 13.0. The molecule has 0 radical (unpaired) electrons. The van der Waals surface area contributed by atoms with Crippen LogP contribution in [0.5, 0.6) is 0 Å². The maximum Gasteiger partial charge on any atom is 0.219 e. The lowest BCUT2D eigenvalue weighted by Crippen LogP contribution is -2.45. The minimum absolute atomic E-state index is 0.0106. The van der Waals surface area contributed by atoms with Crippen molar-refractivity contribution in [3.8, 4) is 6.07 Å². The number of nitriles is 1. The fourth-order valence-corrected chi connectivity index (χ4v) is 3.19. The highest BCUT2D eigenvalue weighted by molar-refractivity contribution is 9.10. The van der Waals surface area contributed by atoms with Gasteiger partial charge in [0.05, 0.1) is 10.2 Å². The van der Waals surface area contributed by atoms with Gasteiger partial charge in [-0.3, -0.25) is 9.48 Å². The first kappa shape index (κ1) is 16.0. The Morgan fingerprint density at radius 3 is 2.62 bits per heavy atom. The molecule has 2 rings (SSSR count). The molecule has 1 saturated heterocycles. The van der Waals surface area contributed by atoms with Gasteiger partial charge in [0.2, 0.25) is 5.91 Å². The second-order valence-electron chi connectivity index (χ2n) is 5.37. The Kier molecular flexibility index (Phi) is 4.67. The zero-order valence-corrected chi connectivity index (χ0v) is 13.8. The van der Waals surface area contributed by atoms with Crippen molar-refractivity contribution >= 4 is 21.8 Å². The minimum Gasteiger partial charge on any atom is -0.343 e. The van der Waals surface area contributed by atoms with Crippen LogP contribution in [0.3, 0.4) is 0 Å². The molecule has 0 bridgehead atoms. The van der Waals surface area contributed by atoms with E-state index in [0.717, 1.165) is 0 Å². The number of alkyl halides is 1. The van der Waals surface area contributed by atoms with Gasteiger partial charge in [-0.25, -0.2) is 4.39 Å². The van der Waals surface area contributed by atoms with Crippen molar-refractivity contribution < 1.29 is 9.18 Å². The normalized spacial score (nSPS) is 17.6. The van der Waals surface area contributed by atoms with Crippen molar-refractivity contribution in [1.29, 1.82) is 5.26 Å². The highest BCUT2D eigenvalue weighted by Gasteiger charge is 2.37. The van der Waals surface area contributed by atoms with Gasteiger partial charge in [-0.2, -0.15) is 10.4 Å². The Labute approximate surface area is 131 Å². The van der Waals surface area contributed by atoms with Crippen LogP contribution >= 0.6 is 15.9 Å². The number of aromatic nitrogens is 2. The highest BCUT2D eigenvalue weighted by atomic mass is 79.9. The monoisotopic (exact) mass is 356 g/mol. The van der Waals surface area contributed by atoms with Crippen molar-refractivity contribution in [1.82, 2.24) is 14.7 Å². The molecule has 1 aliphatic rings. The molecule has 0 spiro atoms. The summed E-state index contributed by atoms with van der Waals surface area (Å²) in [5.41, 5.74) is -0.349. The van der Waals surface area contributed by atoms with Crippen LogP contribution in [-0.4, -0.2) is 39.3 Å². The third-order valence-electron chi connectivity index (χ3n) is 3.99. The molecule has 21 heavy (non-hydrogen) atoms. The average Bonchev–Trinajstić information content (AvgIpc) is 2.75. The van der Waals surface area contributed by atoms with Crippen LogP contribution in [0.15, 0.2) is 4.47 Å². The Balaban J connectivity index is 2.17. The van der Waals surface area contributed by atoms with E-state index in [9.17, 15) is 4.79 Å². The van der Waals surface area contributed by atoms with Crippen LogP contribution in [0.1, 0.15) is 38.1 Å². The molecule has 0 aliphatic carbocycles. The molecule has 114 valence electrons. The summed E-state index contributed by atoms with van der Waals surface area (Å²) in [6.45, 7) is 4.88. The van der Waals surface area contributed by atoms with Crippen LogP contribution in [0.2, 0.25) is 0 Å². The number of nitrogens with zero attached hydrogens (tertiary/aromatic N) is 4. The number of hydrogen-bond acceptors (Lipinski definition) is 3. The lowest BCUT2D eigenvalue weighted by molar-refractivity contribution is -0.131. The zero-order valence-electron chi connectivity index (χ0n) is 12.2. The molecule has 1 fully saturated rings. The molecule has 0 atom stereocenters. The van der Waals surface area contributed by atoms with E-state index in [1.54, 1.807) is 9.58 Å². The van der Waals surface area contributed by atoms with Gasteiger partial charge >= 0.3 is 0 Å².